The molecule has 0 bridgehead atoms. The van der Waals surface area contributed by atoms with Gasteiger partial charge in [0.2, 0.25) is 10.0 Å². The SMILES string of the molecule is CCCCCCCCNS(=O)(=O)c1cn(C)nc1C. The summed E-state index contributed by atoms with van der Waals surface area (Å²) in [6.45, 7) is 4.40. The number of nitrogens with zero attached hydrogens (tertiary/aromatic N) is 2. The monoisotopic (exact) mass is 287 g/mol. The molecular weight excluding hydrogens is 262 g/mol. The van der Waals surface area contributed by atoms with E-state index in [4.69, 9.17) is 0 Å². The third-order valence-electron chi connectivity index (χ3n) is 3.08. The van der Waals surface area contributed by atoms with E-state index in [0.717, 1.165) is 12.8 Å². The maximum atomic E-state index is 12.0. The van der Waals surface area contributed by atoms with Gasteiger partial charge < -0.3 is 0 Å². The van der Waals surface area contributed by atoms with E-state index in [0.29, 0.717) is 12.2 Å². The van der Waals surface area contributed by atoms with Crippen LogP contribution in [0.4, 0.5) is 0 Å². The molecule has 0 amide bonds. The standard InChI is InChI=1S/C13H25N3O2S/c1-4-5-6-7-8-9-10-14-19(17,18)13-11-16(3)15-12(13)2/h11,14H,4-10H2,1-3H3. The number of nitrogens with one attached hydrogen (secondary N) is 1. The fourth-order valence-corrected chi connectivity index (χ4v) is 3.32. The Labute approximate surface area is 116 Å². The number of sulfonamides is 1. The van der Waals surface area contributed by atoms with Crippen molar-refractivity contribution in [3.05, 3.63) is 11.9 Å². The number of hydrogen-bond donors (Lipinski definition) is 1. The number of unbranched alkanes of at least 4 members (excludes halogenated alkanes) is 5. The van der Waals surface area contributed by atoms with Crippen molar-refractivity contribution in [3.8, 4) is 0 Å². The van der Waals surface area contributed by atoms with Gasteiger partial charge in [-0.25, -0.2) is 13.1 Å². The second kappa shape index (κ2) is 7.65. The van der Waals surface area contributed by atoms with Crippen molar-refractivity contribution in [1.29, 1.82) is 0 Å². The molecule has 0 fully saturated rings. The first-order valence-corrected chi connectivity index (χ1v) is 8.45. The number of aromatic nitrogens is 2. The molecule has 0 aromatic carbocycles. The van der Waals surface area contributed by atoms with Gasteiger partial charge in [0.25, 0.3) is 0 Å². The Kier molecular flexibility index (Phi) is 6.51. The lowest BCUT2D eigenvalue weighted by Gasteiger charge is -2.05. The molecule has 0 aliphatic rings. The van der Waals surface area contributed by atoms with E-state index < -0.39 is 10.0 Å². The van der Waals surface area contributed by atoms with Crippen LogP contribution in [0.25, 0.3) is 0 Å². The van der Waals surface area contributed by atoms with Crippen LogP contribution in [0.1, 0.15) is 51.1 Å². The van der Waals surface area contributed by atoms with Gasteiger partial charge in [0.15, 0.2) is 0 Å². The second-order valence-electron chi connectivity index (χ2n) is 4.92. The van der Waals surface area contributed by atoms with Crippen LogP contribution in [0.5, 0.6) is 0 Å². The first-order chi connectivity index (χ1) is 8.97. The highest BCUT2D eigenvalue weighted by atomic mass is 32.2. The Morgan fingerprint density at radius 1 is 1.21 bits per heavy atom. The molecule has 1 heterocycles. The molecule has 0 saturated carbocycles. The van der Waals surface area contributed by atoms with Gasteiger partial charge >= 0.3 is 0 Å². The molecule has 19 heavy (non-hydrogen) atoms. The number of aryl methyl sites for hydroxylation is 2. The van der Waals surface area contributed by atoms with Gasteiger partial charge in [-0.05, 0) is 13.3 Å². The van der Waals surface area contributed by atoms with Gasteiger partial charge in [0, 0.05) is 19.8 Å². The van der Waals surface area contributed by atoms with Crippen molar-refractivity contribution in [2.45, 2.75) is 57.3 Å². The summed E-state index contributed by atoms with van der Waals surface area (Å²) in [5.41, 5.74) is 0.540. The van der Waals surface area contributed by atoms with Gasteiger partial charge in [-0.15, -0.1) is 0 Å². The van der Waals surface area contributed by atoms with E-state index in [2.05, 4.69) is 16.7 Å². The Bertz CT molecular complexity index is 480. The summed E-state index contributed by atoms with van der Waals surface area (Å²) in [6.07, 6.45) is 8.43. The highest BCUT2D eigenvalue weighted by molar-refractivity contribution is 7.89. The average Bonchev–Trinajstić information content (AvgIpc) is 2.68. The van der Waals surface area contributed by atoms with E-state index in [1.165, 1.54) is 30.4 Å². The molecule has 5 nitrogen and oxygen atoms in total. The number of hydrogen-bond acceptors (Lipinski definition) is 3. The van der Waals surface area contributed by atoms with Gasteiger partial charge in [-0.3, -0.25) is 4.68 Å². The average molecular weight is 287 g/mol. The molecule has 1 aromatic heterocycles. The summed E-state index contributed by atoms with van der Waals surface area (Å²) in [6, 6.07) is 0. The van der Waals surface area contributed by atoms with Crippen LogP contribution < -0.4 is 4.72 Å². The quantitative estimate of drug-likeness (QED) is 0.709. The van der Waals surface area contributed by atoms with Crippen LogP contribution in [0, 0.1) is 6.92 Å². The maximum Gasteiger partial charge on any atom is 0.243 e. The Morgan fingerprint density at radius 2 is 1.84 bits per heavy atom. The van der Waals surface area contributed by atoms with Crippen molar-refractivity contribution in [1.82, 2.24) is 14.5 Å². The Hall–Kier alpha value is -0.880. The van der Waals surface area contributed by atoms with Crippen molar-refractivity contribution in [2.75, 3.05) is 6.54 Å². The zero-order valence-corrected chi connectivity index (χ0v) is 13.0. The normalized spacial score (nSPS) is 11.9. The molecule has 0 spiro atoms. The minimum atomic E-state index is -3.40. The molecule has 6 heteroatoms. The molecule has 1 aromatic rings. The zero-order valence-electron chi connectivity index (χ0n) is 12.1. The van der Waals surface area contributed by atoms with Crippen molar-refractivity contribution >= 4 is 10.0 Å². The second-order valence-corrected chi connectivity index (χ2v) is 6.65. The summed E-state index contributed by atoms with van der Waals surface area (Å²) in [5.74, 6) is 0. The van der Waals surface area contributed by atoms with Crippen LogP contribution in [-0.2, 0) is 17.1 Å². The highest BCUT2D eigenvalue weighted by Crippen LogP contribution is 2.12. The molecule has 0 aliphatic carbocycles. The third kappa shape index (κ3) is 5.32. The molecule has 0 atom stereocenters. The predicted octanol–water partition coefficient (Wildman–Crippen LogP) is 2.37. The third-order valence-corrected chi connectivity index (χ3v) is 4.64. The Balaban J connectivity index is 2.34. The van der Waals surface area contributed by atoms with Crippen molar-refractivity contribution in [3.63, 3.8) is 0 Å². The molecule has 0 saturated heterocycles. The molecule has 0 aliphatic heterocycles. The largest absolute Gasteiger partial charge is 0.274 e. The predicted molar refractivity (Wildman–Crippen MR) is 76.5 cm³/mol. The van der Waals surface area contributed by atoms with E-state index in [1.807, 2.05) is 0 Å². The highest BCUT2D eigenvalue weighted by Gasteiger charge is 2.18. The summed E-state index contributed by atoms with van der Waals surface area (Å²) in [5, 5.41) is 4.05. The van der Waals surface area contributed by atoms with Crippen molar-refractivity contribution < 1.29 is 8.42 Å². The fraction of sp³-hybridized carbons (Fsp3) is 0.769. The van der Waals surface area contributed by atoms with Crippen LogP contribution in [0.15, 0.2) is 11.1 Å². The molecular formula is C13H25N3O2S. The van der Waals surface area contributed by atoms with E-state index in [1.54, 1.807) is 20.2 Å². The van der Waals surface area contributed by atoms with Crippen molar-refractivity contribution in [2.24, 2.45) is 7.05 Å². The summed E-state index contributed by atoms with van der Waals surface area (Å²) in [7, 11) is -1.68. The minimum absolute atomic E-state index is 0.279. The first kappa shape index (κ1) is 16.2. The molecule has 0 radical (unpaired) electrons. The smallest absolute Gasteiger partial charge is 0.243 e. The van der Waals surface area contributed by atoms with Crippen LogP contribution in [0.2, 0.25) is 0 Å². The van der Waals surface area contributed by atoms with E-state index in [-0.39, 0.29) is 4.90 Å². The summed E-state index contributed by atoms with van der Waals surface area (Å²) < 4.78 is 28.2. The molecule has 1 N–H and O–H groups in total. The van der Waals surface area contributed by atoms with E-state index >= 15 is 0 Å². The van der Waals surface area contributed by atoms with Gasteiger partial charge in [-0.2, -0.15) is 5.10 Å². The zero-order chi connectivity index (χ0) is 14.3. The summed E-state index contributed by atoms with van der Waals surface area (Å²) in [4.78, 5) is 0.279. The molecule has 110 valence electrons. The summed E-state index contributed by atoms with van der Waals surface area (Å²) >= 11 is 0. The molecule has 0 unspecified atom stereocenters. The molecule has 1 rings (SSSR count). The van der Waals surface area contributed by atoms with Crippen LogP contribution in [0.3, 0.4) is 0 Å². The maximum absolute atomic E-state index is 12.0. The van der Waals surface area contributed by atoms with Gasteiger partial charge in [0.05, 0.1) is 5.69 Å². The lowest BCUT2D eigenvalue weighted by Crippen LogP contribution is -2.25. The minimum Gasteiger partial charge on any atom is -0.274 e. The lowest BCUT2D eigenvalue weighted by molar-refractivity contribution is 0.567. The number of rotatable bonds is 9. The van der Waals surface area contributed by atoms with E-state index in [9.17, 15) is 8.42 Å². The van der Waals surface area contributed by atoms with Crippen LogP contribution >= 0.6 is 0 Å². The van der Waals surface area contributed by atoms with Gasteiger partial charge in [0.1, 0.15) is 4.90 Å². The first-order valence-electron chi connectivity index (χ1n) is 6.97. The Morgan fingerprint density at radius 3 is 2.42 bits per heavy atom. The fourth-order valence-electron chi connectivity index (χ4n) is 2.03. The lowest BCUT2D eigenvalue weighted by atomic mass is 10.1. The van der Waals surface area contributed by atoms with Crippen LogP contribution in [-0.4, -0.2) is 24.7 Å². The van der Waals surface area contributed by atoms with Gasteiger partial charge in [-0.1, -0.05) is 39.0 Å². The topological polar surface area (TPSA) is 64.0 Å².